The van der Waals surface area contributed by atoms with Crippen molar-refractivity contribution < 1.29 is 9.18 Å². The van der Waals surface area contributed by atoms with Crippen molar-refractivity contribution >= 4 is 29.0 Å². The van der Waals surface area contributed by atoms with Gasteiger partial charge in [-0.3, -0.25) is 9.20 Å². The minimum absolute atomic E-state index is 0.0111. The third-order valence-electron chi connectivity index (χ3n) is 3.18. The zero-order valence-electron chi connectivity index (χ0n) is 12.5. The molecule has 0 fully saturated rings. The molecule has 1 aromatic carbocycles. The van der Waals surface area contributed by atoms with Gasteiger partial charge in [-0.25, -0.2) is 4.39 Å². The smallest absolute Gasteiger partial charge is 0.258 e. The number of thioether (sulfide) groups is 1. The lowest BCUT2D eigenvalue weighted by molar-refractivity contribution is 0.102. The molecule has 0 aliphatic rings. The summed E-state index contributed by atoms with van der Waals surface area (Å²) in [6.45, 7) is 2.09. The van der Waals surface area contributed by atoms with Gasteiger partial charge < -0.3 is 5.32 Å². The SMILES string of the molecule is CCCSc1nnc2ccc(NC(=O)c3ccccc3F)cn12. The van der Waals surface area contributed by atoms with E-state index in [0.29, 0.717) is 11.3 Å². The molecule has 118 valence electrons. The number of nitrogens with zero attached hydrogens (tertiary/aromatic N) is 3. The van der Waals surface area contributed by atoms with Crippen LogP contribution >= 0.6 is 11.8 Å². The van der Waals surface area contributed by atoms with E-state index in [1.54, 1.807) is 42.2 Å². The number of amides is 1. The number of pyridine rings is 1. The molecule has 0 saturated carbocycles. The first kappa shape index (κ1) is 15.5. The van der Waals surface area contributed by atoms with Gasteiger partial charge in [-0.15, -0.1) is 10.2 Å². The van der Waals surface area contributed by atoms with E-state index in [1.165, 1.54) is 12.1 Å². The average molecular weight is 330 g/mol. The van der Waals surface area contributed by atoms with Crippen LogP contribution in [-0.4, -0.2) is 26.3 Å². The zero-order chi connectivity index (χ0) is 16.2. The second-order valence-electron chi connectivity index (χ2n) is 4.91. The molecular formula is C16H15FN4OS. The van der Waals surface area contributed by atoms with Crippen LogP contribution < -0.4 is 5.32 Å². The summed E-state index contributed by atoms with van der Waals surface area (Å²) in [6.07, 6.45) is 2.77. The first-order chi connectivity index (χ1) is 11.2. The minimum Gasteiger partial charge on any atom is -0.321 e. The van der Waals surface area contributed by atoms with E-state index in [4.69, 9.17) is 0 Å². The van der Waals surface area contributed by atoms with Gasteiger partial charge in [-0.05, 0) is 30.7 Å². The van der Waals surface area contributed by atoms with Crippen LogP contribution in [0.3, 0.4) is 0 Å². The lowest BCUT2D eigenvalue weighted by atomic mass is 10.2. The Balaban J connectivity index is 1.85. The number of carbonyl (C=O) groups is 1. The molecule has 0 aliphatic carbocycles. The Morgan fingerprint density at radius 2 is 2.09 bits per heavy atom. The number of aromatic nitrogens is 3. The van der Waals surface area contributed by atoms with E-state index >= 15 is 0 Å². The summed E-state index contributed by atoms with van der Waals surface area (Å²) >= 11 is 1.60. The summed E-state index contributed by atoms with van der Waals surface area (Å²) in [6, 6.07) is 9.37. The number of benzene rings is 1. The highest BCUT2D eigenvalue weighted by molar-refractivity contribution is 7.99. The number of nitrogens with one attached hydrogen (secondary N) is 1. The van der Waals surface area contributed by atoms with Crippen molar-refractivity contribution in [2.24, 2.45) is 0 Å². The van der Waals surface area contributed by atoms with Crippen molar-refractivity contribution in [2.45, 2.75) is 18.5 Å². The molecule has 0 unspecified atom stereocenters. The van der Waals surface area contributed by atoms with Gasteiger partial charge in [0.1, 0.15) is 5.82 Å². The summed E-state index contributed by atoms with van der Waals surface area (Å²) in [5.74, 6) is -0.0973. The molecule has 23 heavy (non-hydrogen) atoms. The standard InChI is InChI=1S/C16H15FN4OS/c1-2-9-23-16-20-19-14-8-7-11(10-21(14)16)18-15(22)12-5-3-4-6-13(12)17/h3-8,10H,2,9H2,1H3,(H,18,22). The van der Waals surface area contributed by atoms with Crippen LogP contribution in [0.15, 0.2) is 47.8 Å². The van der Waals surface area contributed by atoms with E-state index in [2.05, 4.69) is 22.4 Å². The molecular weight excluding hydrogens is 315 g/mol. The molecule has 7 heteroatoms. The fraction of sp³-hybridized carbons (Fsp3) is 0.188. The van der Waals surface area contributed by atoms with Crippen LogP contribution in [0, 0.1) is 5.82 Å². The molecule has 0 aliphatic heterocycles. The highest BCUT2D eigenvalue weighted by atomic mass is 32.2. The molecule has 0 saturated heterocycles. The van der Waals surface area contributed by atoms with Gasteiger partial charge in [0.25, 0.3) is 5.91 Å². The van der Waals surface area contributed by atoms with Gasteiger partial charge in [-0.1, -0.05) is 30.8 Å². The fourth-order valence-corrected chi connectivity index (χ4v) is 2.85. The molecule has 1 N–H and O–H groups in total. The van der Waals surface area contributed by atoms with E-state index in [-0.39, 0.29) is 5.56 Å². The van der Waals surface area contributed by atoms with Crippen molar-refractivity contribution in [3.05, 3.63) is 54.0 Å². The van der Waals surface area contributed by atoms with Crippen molar-refractivity contribution in [1.82, 2.24) is 14.6 Å². The Hall–Kier alpha value is -2.41. The number of fused-ring (bicyclic) bond motifs is 1. The number of carbonyl (C=O) groups excluding carboxylic acids is 1. The summed E-state index contributed by atoms with van der Waals surface area (Å²) in [5.41, 5.74) is 1.27. The van der Waals surface area contributed by atoms with Gasteiger partial charge in [0.2, 0.25) is 0 Å². The lowest BCUT2D eigenvalue weighted by Gasteiger charge is -2.07. The largest absolute Gasteiger partial charge is 0.321 e. The number of rotatable bonds is 5. The van der Waals surface area contributed by atoms with E-state index in [0.717, 1.165) is 17.3 Å². The van der Waals surface area contributed by atoms with Gasteiger partial charge in [0.05, 0.1) is 11.3 Å². The molecule has 5 nitrogen and oxygen atoms in total. The van der Waals surface area contributed by atoms with Crippen LogP contribution in [0.5, 0.6) is 0 Å². The molecule has 0 atom stereocenters. The maximum Gasteiger partial charge on any atom is 0.258 e. The Kier molecular flexibility index (Phi) is 4.57. The average Bonchev–Trinajstić information content (AvgIpc) is 2.95. The fourth-order valence-electron chi connectivity index (χ4n) is 2.08. The third kappa shape index (κ3) is 3.34. The molecule has 3 aromatic rings. The van der Waals surface area contributed by atoms with Crippen LogP contribution in [0.25, 0.3) is 5.65 Å². The van der Waals surface area contributed by atoms with Crippen LogP contribution in [0.1, 0.15) is 23.7 Å². The van der Waals surface area contributed by atoms with E-state index in [9.17, 15) is 9.18 Å². The van der Waals surface area contributed by atoms with E-state index < -0.39 is 11.7 Å². The molecule has 0 radical (unpaired) electrons. The van der Waals surface area contributed by atoms with Crippen molar-refractivity contribution in [1.29, 1.82) is 0 Å². The third-order valence-corrected chi connectivity index (χ3v) is 4.33. The number of halogens is 1. The number of hydrogen-bond donors (Lipinski definition) is 1. The monoisotopic (exact) mass is 330 g/mol. The number of hydrogen-bond acceptors (Lipinski definition) is 4. The first-order valence-corrected chi connectivity index (χ1v) is 8.21. The minimum atomic E-state index is -0.547. The predicted octanol–water partition coefficient (Wildman–Crippen LogP) is 3.62. The zero-order valence-corrected chi connectivity index (χ0v) is 13.3. The Labute approximate surface area is 136 Å². The summed E-state index contributed by atoms with van der Waals surface area (Å²) < 4.78 is 15.5. The summed E-state index contributed by atoms with van der Waals surface area (Å²) in [4.78, 5) is 12.2. The highest BCUT2D eigenvalue weighted by Gasteiger charge is 2.12. The summed E-state index contributed by atoms with van der Waals surface area (Å²) in [5, 5.41) is 11.7. The van der Waals surface area contributed by atoms with Gasteiger partial charge in [-0.2, -0.15) is 0 Å². The van der Waals surface area contributed by atoms with Crippen LogP contribution in [-0.2, 0) is 0 Å². The van der Waals surface area contributed by atoms with Crippen LogP contribution in [0.2, 0.25) is 0 Å². The Morgan fingerprint density at radius 3 is 2.87 bits per heavy atom. The maximum absolute atomic E-state index is 13.7. The van der Waals surface area contributed by atoms with Crippen molar-refractivity contribution in [3.8, 4) is 0 Å². The van der Waals surface area contributed by atoms with Gasteiger partial charge >= 0.3 is 0 Å². The molecule has 1 amide bonds. The predicted molar refractivity (Wildman–Crippen MR) is 88.4 cm³/mol. The first-order valence-electron chi connectivity index (χ1n) is 7.22. The summed E-state index contributed by atoms with van der Waals surface area (Å²) in [7, 11) is 0. The lowest BCUT2D eigenvalue weighted by Crippen LogP contribution is -2.14. The number of anilines is 1. The highest BCUT2D eigenvalue weighted by Crippen LogP contribution is 2.20. The normalized spacial score (nSPS) is 10.9. The second-order valence-corrected chi connectivity index (χ2v) is 5.97. The quantitative estimate of drug-likeness (QED) is 0.726. The Morgan fingerprint density at radius 1 is 1.26 bits per heavy atom. The molecule has 0 bridgehead atoms. The van der Waals surface area contributed by atoms with Crippen molar-refractivity contribution in [3.63, 3.8) is 0 Å². The van der Waals surface area contributed by atoms with Gasteiger partial charge in [0.15, 0.2) is 10.8 Å². The molecule has 2 heterocycles. The molecule has 0 spiro atoms. The van der Waals surface area contributed by atoms with Gasteiger partial charge in [0, 0.05) is 11.9 Å². The van der Waals surface area contributed by atoms with Crippen molar-refractivity contribution in [2.75, 3.05) is 11.1 Å². The topological polar surface area (TPSA) is 59.3 Å². The molecule has 3 rings (SSSR count). The maximum atomic E-state index is 13.7. The van der Waals surface area contributed by atoms with E-state index in [1.807, 2.05) is 4.40 Å². The van der Waals surface area contributed by atoms with Crippen LogP contribution in [0.4, 0.5) is 10.1 Å². The Bertz CT molecular complexity index is 849. The molecule has 2 aromatic heterocycles. The second kappa shape index (κ2) is 6.78.